The topological polar surface area (TPSA) is 127 Å². The highest BCUT2D eigenvalue weighted by atomic mass is 19.4. The van der Waals surface area contributed by atoms with Gasteiger partial charge in [0, 0.05) is 32.2 Å². The smallest absolute Gasteiger partial charge is 0.391 e. The molecule has 0 spiro atoms. The number of nitrogens with one attached hydrogen (secondary N) is 2. The van der Waals surface area contributed by atoms with Crippen LogP contribution in [-0.4, -0.2) is 53.4 Å². The van der Waals surface area contributed by atoms with Gasteiger partial charge in [-0.05, 0) is 25.7 Å². The molecule has 0 radical (unpaired) electrons. The fourth-order valence-electron chi connectivity index (χ4n) is 3.14. The molecule has 162 valence electrons. The SMILES string of the molecule is CNc1nc(OCCCO)c(C(=O)N[C@H]2CC[C@H](C(F)(F)F)CC2)cc1[N+](=O)[O-]. The maximum Gasteiger partial charge on any atom is 0.391 e. The molecule has 0 aliphatic heterocycles. The number of hydrogen-bond donors (Lipinski definition) is 3. The van der Waals surface area contributed by atoms with Crippen LogP contribution in [0.1, 0.15) is 42.5 Å². The Morgan fingerprint density at radius 1 is 1.38 bits per heavy atom. The van der Waals surface area contributed by atoms with Crippen LogP contribution in [0.2, 0.25) is 0 Å². The lowest BCUT2D eigenvalue weighted by Gasteiger charge is -2.30. The molecule has 0 saturated heterocycles. The Morgan fingerprint density at radius 3 is 2.55 bits per heavy atom. The molecule has 12 heteroatoms. The van der Waals surface area contributed by atoms with E-state index in [-0.39, 0.29) is 62.6 Å². The second-order valence-corrected chi connectivity index (χ2v) is 6.71. The van der Waals surface area contributed by atoms with Crippen LogP contribution in [0.3, 0.4) is 0 Å². The van der Waals surface area contributed by atoms with Gasteiger partial charge in [0.05, 0.1) is 17.4 Å². The fourth-order valence-corrected chi connectivity index (χ4v) is 3.14. The Bertz CT molecular complexity index is 737. The van der Waals surface area contributed by atoms with Crippen molar-refractivity contribution >= 4 is 17.4 Å². The molecule has 9 nitrogen and oxygen atoms in total. The molecular formula is C17H23F3N4O5. The third-order valence-corrected chi connectivity index (χ3v) is 4.71. The zero-order chi connectivity index (χ0) is 21.6. The third-order valence-electron chi connectivity index (χ3n) is 4.71. The van der Waals surface area contributed by atoms with Gasteiger partial charge in [-0.1, -0.05) is 0 Å². The van der Waals surface area contributed by atoms with Crippen molar-refractivity contribution in [2.45, 2.75) is 44.3 Å². The second kappa shape index (κ2) is 9.72. The van der Waals surface area contributed by atoms with Gasteiger partial charge in [0.1, 0.15) is 5.56 Å². The quantitative estimate of drug-likeness (QED) is 0.335. The Morgan fingerprint density at radius 2 is 2.03 bits per heavy atom. The molecule has 1 aliphatic carbocycles. The van der Waals surface area contributed by atoms with Crippen molar-refractivity contribution in [2.24, 2.45) is 5.92 Å². The highest BCUT2D eigenvalue weighted by Gasteiger charge is 2.41. The maximum atomic E-state index is 12.8. The minimum absolute atomic E-state index is 0.0292. The molecule has 1 aliphatic rings. The van der Waals surface area contributed by atoms with Crippen LogP contribution in [0.15, 0.2) is 6.07 Å². The molecule has 2 rings (SSSR count). The largest absolute Gasteiger partial charge is 0.477 e. The summed E-state index contributed by atoms with van der Waals surface area (Å²) in [6, 6.07) is 0.540. The van der Waals surface area contributed by atoms with Crippen LogP contribution in [-0.2, 0) is 0 Å². The number of pyridine rings is 1. The Hall–Kier alpha value is -2.63. The molecule has 0 unspecified atom stereocenters. The average Bonchev–Trinajstić information content (AvgIpc) is 2.67. The van der Waals surface area contributed by atoms with E-state index in [1.807, 2.05) is 0 Å². The van der Waals surface area contributed by atoms with Crippen LogP contribution in [0.25, 0.3) is 0 Å². The second-order valence-electron chi connectivity index (χ2n) is 6.71. The number of aliphatic hydroxyl groups excluding tert-OH is 1. The summed E-state index contributed by atoms with van der Waals surface area (Å²) < 4.78 is 43.7. The number of ether oxygens (including phenoxy) is 1. The van der Waals surface area contributed by atoms with Gasteiger partial charge < -0.3 is 20.5 Å². The van der Waals surface area contributed by atoms with Gasteiger partial charge >= 0.3 is 11.9 Å². The Balaban J connectivity index is 2.18. The molecule has 0 bridgehead atoms. The summed E-state index contributed by atoms with van der Waals surface area (Å²) in [5.74, 6) is -2.35. The predicted molar refractivity (Wildman–Crippen MR) is 96.9 cm³/mol. The first-order chi connectivity index (χ1) is 13.7. The van der Waals surface area contributed by atoms with Crippen LogP contribution in [0, 0.1) is 16.0 Å². The highest BCUT2D eigenvalue weighted by Crippen LogP contribution is 2.37. The summed E-state index contributed by atoms with van der Waals surface area (Å²) in [5, 5.41) is 25.3. The summed E-state index contributed by atoms with van der Waals surface area (Å²) in [6.45, 7) is -0.128. The van der Waals surface area contributed by atoms with Gasteiger partial charge in [-0.15, -0.1) is 0 Å². The van der Waals surface area contributed by atoms with Crippen LogP contribution >= 0.6 is 0 Å². The van der Waals surface area contributed by atoms with Crippen molar-refractivity contribution < 1.29 is 32.7 Å². The molecule has 1 heterocycles. The summed E-state index contributed by atoms with van der Waals surface area (Å²) in [7, 11) is 1.42. The average molecular weight is 420 g/mol. The van der Waals surface area contributed by atoms with E-state index in [2.05, 4.69) is 15.6 Å². The van der Waals surface area contributed by atoms with Crippen molar-refractivity contribution in [1.82, 2.24) is 10.3 Å². The zero-order valence-corrected chi connectivity index (χ0v) is 15.8. The Labute approximate surface area is 164 Å². The molecule has 3 N–H and O–H groups in total. The standard InChI is InChI=1S/C17H23F3N4O5/c1-21-14-13(24(27)28)9-12(16(23-14)29-8-2-7-25)15(26)22-11-5-3-10(4-6-11)17(18,19)20/h9-11,25H,2-8H2,1H3,(H,21,23)(H,22,26)/t10-,11-. The third kappa shape index (κ3) is 5.92. The van der Waals surface area contributed by atoms with Gasteiger partial charge in [-0.2, -0.15) is 18.2 Å². The number of anilines is 1. The number of nitro groups is 1. The first-order valence-electron chi connectivity index (χ1n) is 9.15. The minimum Gasteiger partial charge on any atom is -0.477 e. The number of aromatic nitrogens is 1. The molecule has 1 amide bonds. The molecule has 1 aromatic rings. The van der Waals surface area contributed by atoms with Crippen LogP contribution < -0.4 is 15.4 Å². The summed E-state index contributed by atoms with van der Waals surface area (Å²) >= 11 is 0. The van der Waals surface area contributed by atoms with E-state index in [0.29, 0.717) is 0 Å². The van der Waals surface area contributed by atoms with Crippen molar-refractivity contribution in [3.05, 3.63) is 21.7 Å². The number of hydrogen-bond acceptors (Lipinski definition) is 7. The molecule has 0 aromatic carbocycles. The van der Waals surface area contributed by atoms with Gasteiger partial charge in [0.15, 0.2) is 0 Å². The fraction of sp³-hybridized carbons (Fsp3) is 0.647. The van der Waals surface area contributed by atoms with Crippen molar-refractivity contribution in [3.63, 3.8) is 0 Å². The summed E-state index contributed by atoms with van der Waals surface area (Å²) in [4.78, 5) is 27.2. The van der Waals surface area contributed by atoms with Crippen molar-refractivity contribution in [1.29, 1.82) is 0 Å². The van der Waals surface area contributed by atoms with Crippen LogP contribution in [0.5, 0.6) is 5.88 Å². The number of amides is 1. The van der Waals surface area contributed by atoms with E-state index in [1.165, 1.54) is 7.05 Å². The first-order valence-corrected chi connectivity index (χ1v) is 9.15. The minimum atomic E-state index is -4.25. The molecule has 29 heavy (non-hydrogen) atoms. The van der Waals surface area contributed by atoms with Gasteiger partial charge in [0.2, 0.25) is 11.7 Å². The lowest BCUT2D eigenvalue weighted by atomic mass is 9.85. The lowest BCUT2D eigenvalue weighted by Crippen LogP contribution is -2.40. The number of rotatable bonds is 8. The number of alkyl halides is 3. The van der Waals surface area contributed by atoms with E-state index in [9.17, 15) is 28.1 Å². The number of carbonyl (C=O) groups is 1. The van der Waals surface area contributed by atoms with E-state index >= 15 is 0 Å². The molecule has 0 atom stereocenters. The van der Waals surface area contributed by atoms with E-state index in [0.717, 1.165) is 6.07 Å². The number of aliphatic hydroxyl groups is 1. The molecule has 1 aromatic heterocycles. The zero-order valence-electron chi connectivity index (χ0n) is 15.8. The first kappa shape index (κ1) is 22.7. The molecular weight excluding hydrogens is 397 g/mol. The number of carbonyl (C=O) groups excluding carboxylic acids is 1. The van der Waals surface area contributed by atoms with E-state index < -0.39 is 34.7 Å². The molecule has 1 fully saturated rings. The lowest BCUT2D eigenvalue weighted by molar-refractivity contribution is -0.384. The van der Waals surface area contributed by atoms with E-state index in [1.54, 1.807) is 0 Å². The van der Waals surface area contributed by atoms with Crippen LogP contribution in [0.4, 0.5) is 24.7 Å². The maximum absolute atomic E-state index is 12.8. The van der Waals surface area contributed by atoms with E-state index in [4.69, 9.17) is 9.84 Å². The van der Waals surface area contributed by atoms with Crippen molar-refractivity contribution in [2.75, 3.05) is 25.6 Å². The number of halogens is 3. The predicted octanol–water partition coefficient (Wildman–Crippen LogP) is 2.64. The van der Waals surface area contributed by atoms with Crippen molar-refractivity contribution in [3.8, 4) is 5.88 Å². The Kier molecular flexibility index (Phi) is 7.59. The van der Waals surface area contributed by atoms with Gasteiger partial charge in [-0.25, -0.2) is 0 Å². The van der Waals surface area contributed by atoms with Gasteiger partial charge in [-0.3, -0.25) is 14.9 Å². The summed E-state index contributed by atoms with van der Waals surface area (Å²) in [6.07, 6.45) is -3.87. The van der Waals surface area contributed by atoms with Gasteiger partial charge in [0.25, 0.3) is 5.91 Å². The normalized spacial score (nSPS) is 19.5. The molecule has 1 saturated carbocycles. The number of nitrogens with zero attached hydrogens (tertiary/aromatic N) is 2. The summed E-state index contributed by atoms with van der Waals surface area (Å²) in [5.41, 5.74) is -0.625. The monoisotopic (exact) mass is 420 g/mol. The highest BCUT2D eigenvalue weighted by molar-refractivity contribution is 5.97.